The highest BCUT2D eigenvalue weighted by molar-refractivity contribution is 7.14. The molecular formula is C14H19NO5S. The fraction of sp³-hybridized carbons (Fsp3) is 0.500. The van der Waals surface area contributed by atoms with E-state index in [1.165, 1.54) is 11.3 Å². The Kier molecular flexibility index (Phi) is 6.36. The molecule has 0 saturated heterocycles. The van der Waals surface area contributed by atoms with Crippen LogP contribution in [0.4, 0.5) is 0 Å². The first-order valence-corrected chi connectivity index (χ1v) is 7.51. The molecule has 1 rings (SSSR count). The molecule has 0 aliphatic carbocycles. The van der Waals surface area contributed by atoms with Gasteiger partial charge in [-0.25, -0.2) is 4.79 Å². The second-order valence-electron chi connectivity index (χ2n) is 4.74. The Bertz CT molecular complexity index is 537. The summed E-state index contributed by atoms with van der Waals surface area (Å²) in [5.74, 6) is -2.79. The van der Waals surface area contributed by atoms with Crippen LogP contribution >= 0.6 is 11.3 Å². The van der Waals surface area contributed by atoms with Gasteiger partial charge < -0.3 is 15.5 Å². The van der Waals surface area contributed by atoms with Crippen molar-refractivity contribution in [3.8, 4) is 0 Å². The molecule has 0 aliphatic heterocycles. The molecule has 3 N–H and O–H groups in total. The van der Waals surface area contributed by atoms with Gasteiger partial charge in [-0.2, -0.15) is 0 Å². The van der Waals surface area contributed by atoms with Crippen molar-refractivity contribution >= 4 is 29.2 Å². The van der Waals surface area contributed by atoms with Crippen LogP contribution in [0.3, 0.4) is 0 Å². The Morgan fingerprint density at radius 1 is 1.33 bits per heavy atom. The maximum Gasteiger partial charge on any atom is 0.326 e. The van der Waals surface area contributed by atoms with Gasteiger partial charge in [-0.05, 0) is 31.4 Å². The predicted molar refractivity (Wildman–Crippen MR) is 78.8 cm³/mol. The smallest absolute Gasteiger partial charge is 0.326 e. The summed E-state index contributed by atoms with van der Waals surface area (Å²) in [6.07, 6.45) is 1.40. The van der Waals surface area contributed by atoms with Crippen LogP contribution in [0.15, 0.2) is 6.07 Å². The SMILES string of the molecule is CCCc1cc(C(=O)N[C@@H](CCC(=O)O)C(=O)O)sc1C. The zero-order chi connectivity index (χ0) is 16.0. The zero-order valence-corrected chi connectivity index (χ0v) is 12.8. The number of carboxylic acids is 2. The molecule has 7 heteroatoms. The lowest BCUT2D eigenvalue weighted by Crippen LogP contribution is -2.40. The van der Waals surface area contributed by atoms with Crippen LogP contribution in [0.25, 0.3) is 0 Å². The third-order valence-corrected chi connectivity index (χ3v) is 4.11. The predicted octanol–water partition coefficient (Wildman–Crippen LogP) is 2.06. The minimum Gasteiger partial charge on any atom is -0.481 e. The summed E-state index contributed by atoms with van der Waals surface area (Å²) in [7, 11) is 0. The molecule has 1 aromatic heterocycles. The highest BCUT2D eigenvalue weighted by atomic mass is 32.1. The normalized spacial score (nSPS) is 11.9. The monoisotopic (exact) mass is 313 g/mol. The van der Waals surface area contributed by atoms with Crippen molar-refractivity contribution in [3.63, 3.8) is 0 Å². The molecule has 0 spiro atoms. The minimum absolute atomic E-state index is 0.136. The largest absolute Gasteiger partial charge is 0.481 e. The number of hydrogen-bond acceptors (Lipinski definition) is 4. The average Bonchev–Trinajstić information content (AvgIpc) is 2.76. The number of carboxylic acid groups (broad SMARTS) is 2. The molecule has 116 valence electrons. The second kappa shape index (κ2) is 7.78. The van der Waals surface area contributed by atoms with Crippen LogP contribution < -0.4 is 5.32 Å². The number of aryl methyl sites for hydroxylation is 2. The van der Waals surface area contributed by atoms with Gasteiger partial charge in [0.05, 0.1) is 4.88 Å². The van der Waals surface area contributed by atoms with Gasteiger partial charge in [0.25, 0.3) is 5.91 Å². The van der Waals surface area contributed by atoms with E-state index in [1.54, 1.807) is 6.07 Å². The van der Waals surface area contributed by atoms with E-state index < -0.39 is 23.9 Å². The van der Waals surface area contributed by atoms with Crippen molar-refractivity contribution in [1.82, 2.24) is 5.32 Å². The van der Waals surface area contributed by atoms with Gasteiger partial charge in [-0.3, -0.25) is 9.59 Å². The summed E-state index contributed by atoms with van der Waals surface area (Å²) in [6, 6.07) is 0.584. The Hall–Kier alpha value is -1.89. The number of hydrogen-bond donors (Lipinski definition) is 3. The number of thiophene rings is 1. The highest BCUT2D eigenvalue weighted by Gasteiger charge is 2.22. The number of aliphatic carboxylic acids is 2. The lowest BCUT2D eigenvalue weighted by atomic mass is 10.1. The van der Waals surface area contributed by atoms with Crippen molar-refractivity contribution < 1.29 is 24.6 Å². The van der Waals surface area contributed by atoms with Crippen LogP contribution in [0.2, 0.25) is 0 Å². The fourth-order valence-corrected chi connectivity index (χ4v) is 2.88. The molecule has 6 nitrogen and oxygen atoms in total. The number of carbonyl (C=O) groups is 3. The number of amides is 1. The highest BCUT2D eigenvalue weighted by Crippen LogP contribution is 2.23. The molecule has 1 aromatic rings. The van der Waals surface area contributed by atoms with Gasteiger partial charge in [0.2, 0.25) is 0 Å². The number of carbonyl (C=O) groups excluding carboxylic acids is 1. The first kappa shape index (κ1) is 17.2. The van der Waals surface area contributed by atoms with Crippen LogP contribution in [-0.4, -0.2) is 34.1 Å². The average molecular weight is 313 g/mol. The Morgan fingerprint density at radius 2 is 2.00 bits per heavy atom. The molecule has 1 amide bonds. The maximum absolute atomic E-state index is 12.1. The van der Waals surface area contributed by atoms with Gasteiger partial charge in [-0.15, -0.1) is 11.3 Å². The van der Waals surface area contributed by atoms with Gasteiger partial charge in [-0.1, -0.05) is 13.3 Å². The Balaban J connectivity index is 2.74. The van der Waals surface area contributed by atoms with Gasteiger partial charge in [0, 0.05) is 11.3 Å². The number of rotatable bonds is 8. The van der Waals surface area contributed by atoms with Crippen molar-refractivity contribution in [2.24, 2.45) is 0 Å². The van der Waals surface area contributed by atoms with E-state index in [9.17, 15) is 14.4 Å². The Labute approximate surface area is 126 Å². The van der Waals surface area contributed by atoms with Crippen molar-refractivity contribution in [1.29, 1.82) is 0 Å². The summed E-state index contributed by atoms with van der Waals surface area (Å²) < 4.78 is 0. The maximum atomic E-state index is 12.1. The van der Waals surface area contributed by atoms with Crippen molar-refractivity contribution in [3.05, 3.63) is 21.4 Å². The third-order valence-electron chi connectivity index (χ3n) is 3.01. The van der Waals surface area contributed by atoms with Crippen LogP contribution in [0, 0.1) is 6.92 Å². The summed E-state index contributed by atoms with van der Waals surface area (Å²) in [5.41, 5.74) is 1.09. The van der Waals surface area contributed by atoms with Crippen LogP contribution in [-0.2, 0) is 16.0 Å². The molecule has 1 heterocycles. The quantitative estimate of drug-likeness (QED) is 0.681. The van der Waals surface area contributed by atoms with E-state index in [-0.39, 0.29) is 12.8 Å². The van der Waals surface area contributed by atoms with Crippen molar-refractivity contribution in [2.75, 3.05) is 0 Å². The minimum atomic E-state index is -1.23. The third kappa shape index (κ3) is 5.18. The molecule has 0 saturated carbocycles. The standard InChI is InChI=1S/C14H19NO5S/c1-3-4-9-7-11(21-8(9)2)13(18)15-10(14(19)20)5-6-12(16)17/h7,10H,3-6H2,1-2H3,(H,15,18)(H,16,17)(H,19,20)/t10-/m0/s1. The van der Waals surface area contributed by atoms with Gasteiger partial charge in [0.15, 0.2) is 0 Å². The molecule has 1 atom stereocenters. The molecule has 0 bridgehead atoms. The first-order valence-electron chi connectivity index (χ1n) is 6.69. The molecular weight excluding hydrogens is 294 g/mol. The van der Waals surface area contributed by atoms with Crippen LogP contribution in [0.1, 0.15) is 46.3 Å². The summed E-state index contributed by atoms with van der Waals surface area (Å²) in [6.45, 7) is 3.97. The lowest BCUT2D eigenvalue weighted by Gasteiger charge is -2.12. The molecule has 21 heavy (non-hydrogen) atoms. The van der Waals surface area contributed by atoms with Crippen LogP contribution in [0.5, 0.6) is 0 Å². The zero-order valence-electron chi connectivity index (χ0n) is 12.0. The van der Waals surface area contributed by atoms with E-state index >= 15 is 0 Å². The lowest BCUT2D eigenvalue weighted by molar-refractivity contribution is -0.140. The topological polar surface area (TPSA) is 104 Å². The molecule has 0 fully saturated rings. The summed E-state index contributed by atoms with van der Waals surface area (Å²) in [4.78, 5) is 35.1. The second-order valence-corrected chi connectivity index (χ2v) is 6.00. The van der Waals surface area contributed by atoms with Gasteiger partial charge in [0.1, 0.15) is 6.04 Å². The molecule has 0 radical (unpaired) electrons. The molecule has 0 unspecified atom stereocenters. The van der Waals surface area contributed by atoms with E-state index in [1.807, 2.05) is 13.8 Å². The molecule has 0 aromatic carbocycles. The fourth-order valence-electron chi connectivity index (χ4n) is 1.90. The van der Waals surface area contributed by atoms with Crippen molar-refractivity contribution in [2.45, 2.75) is 45.6 Å². The Morgan fingerprint density at radius 3 is 2.52 bits per heavy atom. The summed E-state index contributed by atoms with van der Waals surface area (Å²) >= 11 is 1.32. The van der Waals surface area contributed by atoms with E-state index in [2.05, 4.69) is 5.32 Å². The molecule has 0 aliphatic rings. The van der Waals surface area contributed by atoms with E-state index in [4.69, 9.17) is 10.2 Å². The number of nitrogens with one attached hydrogen (secondary N) is 1. The summed E-state index contributed by atoms with van der Waals surface area (Å²) in [5, 5.41) is 20.0. The van der Waals surface area contributed by atoms with Gasteiger partial charge >= 0.3 is 11.9 Å². The van der Waals surface area contributed by atoms with E-state index in [0.29, 0.717) is 4.88 Å². The van der Waals surface area contributed by atoms with E-state index in [0.717, 1.165) is 23.3 Å². The first-order chi connectivity index (χ1) is 9.85.